The highest BCUT2D eigenvalue weighted by molar-refractivity contribution is 4.90. The van der Waals surface area contributed by atoms with Crippen molar-refractivity contribution in [1.82, 2.24) is 4.90 Å². The minimum absolute atomic E-state index is 0.795. The summed E-state index contributed by atoms with van der Waals surface area (Å²) in [5, 5.41) is 0. The Hall–Kier alpha value is -0.460. The maximum atomic E-state index is 4.01. The van der Waals surface area contributed by atoms with E-state index < -0.39 is 0 Å². The molecule has 0 aliphatic carbocycles. The zero-order chi connectivity index (χ0) is 9.56. The first-order valence-corrected chi connectivity index (χ1v) is 5.00. The lowest BCUT2D eigenvalue weighted by atomic mass is 10.1. The van der Waals surface area contributed by atoms with Gasteiger partial charge >= 0.3 is 0 Å². The maximum Gasteiger partial charge on any atom is 0.0197 e. The van der Waals surface area contributed by atoms with Gasteiger partial charge in [0.1, 0.15) is 0 Å². The lowest BCUT2D eigenvalue weighted by molar-refractivity contribution is 0.328. The molecule has 0 aliphatic heterocycles. The number of hydrogen-bond acceptors (Lipinski definition) is 1. The van der Waals surface area contributed by atoms with E-state index in [1.807, 2.05) is 0 Å². The quantitative estimate of drug-likeness (QED) is 0.590. The van der Waals surface area contributed by atoms with E-state index in [1.165, 1.54) is 18.5 Å². The Bertz CT molecular complexity index is 129. The topological polar surface area (TPSA) is 3.24 Å². The molecule has 0 saturated carbocycles. The van der Waals surface area contributed by atoms with Crippen LogP contribution < -0.4 is 0 Å². The van der Waals surface area contributed by atoms with Crippen LogP contribution in [0.1, 0.15) is 40.0 Å². The van der Waals surface area contributed by atoms with Gasteiger partial charge in [0.25, 0.3) is 0 Å². The van der Waals surface area contributed by atoms with Crippen molar-refractivity contribution in [2.24, 2.45) is 5.92 Å². The molecule has 0 radical (unpaired) electrons. The Morgan fingerprint density at radius 3 is 2.42 bits per heavy atom. The Labute approximate surface area is 77.5 Å². The fraction of sp³-hybridized carbons (Fsp3) is 0.818. The maximum absolute atomic E-state index is 4.01. The molecule has 1 heteroatoms. The average molecular weight is 169 g/mol. The summed E-state index contributed by atoms with van der Waals surface area (Å²) < 4.78 is 0. The summed E-state index contributed by atoms with van der Waals surface area (Å²) in [6.07, 6.45) is 3.67. The van der Waals surface area contributed by atoms with Crippen molar-refractivity contribution >= 4 is 0 Å². The molecule has 0 N–H and O–H groups in total. The van der Waals surface area contributed by atoms with Crippen LogP contribution in [-0.2, 0) is 0 Å². The van der Waals surface area contributed by atoms with Crippen LogP contribution in [0.15, 0.2) is 12.3 Å². The van der Waals surface area contributed by atoms with Gasteiger partial charge in [0, 0.05) is 19.3 Å². The zero-order valence-corrected chi connectivity index (χ0v) is 9.06. The van der Waals surface area contributed by atoms with Crippen molar-refractivity contribution in [3.05, 3.63) is 12.3 Å². The average Bonchev–Trinajstić information content (AvgIpc) is 2.03. The highest BCUT2D eigenvalue weighted by Gasteiger charge is 2.05. The van der Waals surface area contributed by atoms with Crippen molar-refractivity contribution in [1.29, 1.82) is 0 Å². The molecule has 1 atom stereocenters. The molecule has 0 aliphatic rings. The van der Waals surface area contributed by atoms with Crippen molar-refractivity contribution in [3.63, 3.8) is 0 Å². The van der Waals surface area contributed by atoms with Gasteiger partial charge in [0.15, 0.2) is 0 Å². The molecule has 0 aromatic heterocycles. The first-order valence-electron chi connectivity index (χ1n) is 5.00. The first kappa shape index (κ1) is 11.5. The van der Waals surface area contributed by atoms with Gasteiger partial charge in [-0.15, -0.1) is 0 Å². The third-order valence-corrected chi connectivity index (χ3v) is 2.31. The molecule has 0 amide bonds. The second kappa shape index (κ2) is 6.10. The van der Waals surface area contributed by atoms with Crippen LogP contribution in [0.3, 0.4) is 0 Å². The van der Waals surface area contributed by atoms with Crippen LogP contribution in [0, 0.1) is 5.92 Å². The van der Waals surface area contributed by atoms with E-state index in [1.54, 1.807) is 0 Å². The van der Waals surface area contributed by atoms with Crippen molar-refractivity contribution in [2.45, 2.75) is 40.0 Å². The second-order valence-electron chi connectivity index (χ2n) is 3.69. The molecule has 1 nitrogen and oxygen atoms in total. The van der Waals surface area contributed by atoms with E-state index >= 15 is 0 Å². The summed E-state index contributed by atoms with van der Waals surface area (Å²) in [7, 11) is 2.14. The standard InChI is InChI=1S/C11H23N/c1-6-8-10(3)9-12(5)11(4)7-2/h10H,4,6-9H2,1-3,5H3. The van der Waals surface area contributed by atoms with Crippen LogP contribution in [0.25, 0.3) is 0 Å². The molecular weight excluding hydrogens is 146 g/mol. The molecule has 72 valence electrons. The molecule has 0 spiro atoms. The molecule has 0 rings (SSSR count). The van der Waals surface area contributed by atoms with Gasteiger partial charge in [0.05, 0.1) is 0 Å². The van der Waals surface area contributed by atoms with Gasteiger partial charge in [-0.25, -0.2) is 0 Å². The van der Waals surface area contributed by atoms with Gasteiger partial charge < -0.3 is 4.90 Å². The molecule has 0 bridgehead atoms. The highest BCUT2D eigenvalue weighted by Crippen LogP contribution is 2.10. The fourth-order valence-corrected chi connectivity index (χ4v) is 1.45. The summed E-state index contributed by atoms with van der Waals surface area (Å²) >= 11 is 0. The molecule has 0 aromatic carbocycles. The normalized spacial score (nSPS) is 12.7. The van der Waals surface area contributed by atoms with Gasteiger partial charge in [0.2, 0.25) is 0 Å². The minimum Gasteiger partial charge on any atom is -0.378 e. The summed E-state index contributed by atoms with van der Waals surface area (Å²) in [6, 6.07) is 0. The van der Waals surface area contributed by atoms with Gasteiger partial charge in [-0.05, 0) is 18.8 Å². The number of hydrogen-bond donors (Lipinski definition) is 0. The Kier molecular flexibility index (Phi) is 5.87. The van der Waals surface area contributed by atoms with E-state index in [-0.39, 0.29) is 0 Å². The number of allylic oxidation sites excluding steroid dienone is 1. The van der Waals surface area contributed by atoms with Crippen LogP contribution in [0.2, 0.25) is 0 Å². The lowest BCUT2D eigenvalue weighted by Gasteiger charge is -2.24. The van der Waals surface area contributed by atoms with Crippen molar-refractivity contribution in [3.8, 4) is 0 Å². The van der Waals surface area contributed by atoms with Crippen LogP contribution in [-0.4, -0.2) is 18.5 Å². The Balaban J connectivity index is 3.67. The smallest absolute Gasteiger partial charge is 0.0197 e. The molecule has 1 unspecified atom stereocenters. The van der Waals surface area contributed by atoms with E-state index in [2.05, 4.69) is 39.3 Å². The van der Waals surface area contributed by atoms with Crippen LogP contribution >= 0.6 is 0 Å². The van der Waals surface area contributed by atoms with Crippen LogP contribution in [0.5, 0.6) is 0 Å². The van der Waals surface area contributed by atoms with E-state index in [0.29, 0.717) is 0 Å². The van der Waals surface area contributed by atoms with Crippen LogP contribution in [0.4, 0.5) is 0 Å². The van der Waals surface area contributed by atoms with E-state index in [9.17, 15) is 0 Å². The predicted octanol–water partition coefficient (Wildman–Crippen LogP) is 3.28. The molecule has 0 heterocycles. The molecule has 0 fully saturated rings. The Morgan fingerprint density at radius 1 is 1.42 bits per heavy atom. The third kappa shape index (κ3) is 4.42. The molecule has 12 heavy (non-hydrogen) atoms. The lowest BCUT2D eigenvalue weighted by Crippen LogP contribution is -2.23. The SMILES string of the molecule is C=C(CC)N(C)CC(C)CCC. The van der Waals surface area contributed by atoms with Gasteiger partial charge in [-0.2, -0.15) is 0 Å². The zero-order valence-electron chi connectivity index (χ0n) is 9.06. The van der Waals surface area contributed by atoms with Gasteiger partial charge in [-0.3, -0.25) is 0 Å². The summed E-state index contributed by atoms with van der Waals surface area (Å²) in [4.78, 5) is 2.28. The largest absolute Gasteiger partial charge is 0.378 e. The van der Waals surface area contributed by atoms with E-state index in [0.717, 1.165) is 18.9 Å². The number of nitrogens with zero attached hydrogens (tertiary/aromatic N) is 1. The third-order valence-electron chi connectivity index (χ3n) is 2.31. The number of rotatable bonds is 6. The summed E-state index contributed by atoms with van der Waals surface area (Å²) in [5.41, 5.74) is 1.25. The van der Waals surface area contributed by atoms with Crippen molar-refractivity contribution in [2.75, 3.05) is 13.6 Å². The fourth-order valence-electron chi connectivity index (χ4n) is 1.45. The van der Waals surface area contributed by atoms with E-state index in [4.69, 9.17) is 0 Å². The molecule has 0 saturated heterocycles. The predicted molar refractivity (Wildman–Crippen MR) is 56.1 cm³/mol. The monoisotopic (exact) mass is 169 g/mol. The Morgan fingerprint density at radius 2 is 2.00 bits per heavy atom. The van der Waals surface area contributed by atoms with Gasteiger partial charge in [-0.1, -0.05) is 33.8 Å². The second-order valence-corrected chi connectivity index (χ2v) is 3.69. The first-order chi connectivity index (χ1) is 5.61. The molecular formula is C11H23N. The highest BCUT2D eigenvalue weighted by atomic mass is 15.1. The minimum atomic E-state index is 0.795. The summed E-state index contributed by atoms with van der Waals surface area (Å²) in [5.74, 6) is 0.795. The van der Waals surface area contributed by atoms with Crippen molar-refractivity contribution < 1.29 is 0 Å². The summed E-state index contributed by atoms with van der Waals surface area (Å²) in [6.45, 7) is 11.9. The molecule has 0 aromatic rings.